The van der Waals surface area contributed by atoms with Crippen LogP contribution in [0.3, 0.4) is 0 Å². The van der Waals surface area contributed by atoms with Crippen LogP contribution in [0.4, 0.5) is 18.9 Å². The molecule has 0 aromatic heterocycles. The fourth-order valence-electron chi connectivity index (χ4n) is 2.89. The van der Waals surface area contributed by atoms with Gasteiger partial charge in [0.2, 0.25) is 0 Å². The van der Waals surface area contributed by atoms with Crippen LogP contribution in [0, 0.1) is 0 Å². The second-order valence-corrected chi connectivity index (χ2v) is 5.42. The normalized spacial score (nSPS) is 16.6. The van der Waals surface area contributed by atoms with Gasteiger partial charge in [0, 0.05) is 25.3 Å². The van der Waals surface area contributed by atoms with Gasteiger partial charge >= 0.3 is 6.18 Å². The van der Waals surface area contributed by atoms with Crippen LogP contribution in [0.15, 0.2) is 18.2 Å². The van der Waals surface area contributed by atoms with Gasteiger partial charge in [0.25, 0.3) is 0 Å². The van der Waals surface area contributed by atoms with Gasteiger partial charge in [-0.1, -0.05) is 18.9 Å². The summed E-state index contributed by atoms with van der Waals surface area (Å²) in [6, 6.07) is 5.02. The van der Waals surface area contributed by atoms with Gasteiger partial charge < -0.3 is 10.2 Å². The fraction of sp³-hybridized carbons (Fsp3) is 0.600. The third-order valence-corrected chi connectivity index (χ3v) is 4.05. The van der Waals surface area contributed by atoms with Gasteiger partial charge in [0.05, 0.1) is 5.56 Å². The molecule has 5 heteroatoms. The van der Waals surface area contributed by atoms with E-state index in [-0.39, 0.29) is 6.54 Å². The molecule has 0 radical (unpaired) electrons. The SMILES string of the molecule is CNCc1ccc(N(C)C2CCCC2)cc1C(F)(F)F. The molecule has 1 aromatic carbocycles. The Morgan fingerprint density at radius 3 is 2.45 bits per heavy atom. The van der Waals surface area contributed by atoms with Crippen molar-refractivity contribution in [3.63, 3.8) is 0 Å². The van der Waals surface area contributed by atoms with Crippen LogP contribution in [0.5, 0.6) is 0 Å². The zero-order valence-electron chi connectivity index (χ0n) is 11.9. The number of hydrogen-bond donors (Lipinski definition) is 1. The smallest absolute Gasteiger partial charge is 0.372 e. The van der Waals surface area contributed by atoms with E-state index in [2.05, 4.69) is 5.32 Å². The minimum Gasteiger partial charge on any atom is -0.372 e. The molecule has 0 aliphatic heterocycles. The van der Waals surface area contributed by atoms with Crippen molar-refractivity contribution in [2.24, 2.45) is 0 Å². The highest BCUT2D eigenvalue weighted by molar-refractivity contribution is 5.52. The van der Waals surface area contributed by atoms with Crippen LogP contribution in [0.25, 0.3) is 0 Å². The van der Waals surface area contributed by atoms with Gasteiger partial charge in [0.15, 0.2) is 0 Å². The van der Waals surface area contributed by atoms with Crippen molar-refractivity contribution in [1.29, 1.82) is 0 Å². The number of nitrogens with zero attached hydrogens (tertiary/aromatic N) is 1. The van der Waals surface area contributed by atoms with Crippen molar-refractivity contribution in [2.45, 2.75) is 44.4 Å². The number of nitrogens with one attached hydrogen (secondary N) is 1. The summed E-state index contributed by atoms with van der Waals surface area (Å²) in [5.74, 6) is 0. The minimum absolute atomic E-state index is 0.224. The van der Waals surface area contributed by atoms with Crippen LogP contribution >= 0.6 is 0 Å². The number of alkyl halides is 3. The van der Waals surface area contributed by atoms with Gasteiger partial charge in [-0.3, -0.25) is 0 Å². The molecule has 1 aromatic rings. The Morgan fingerprint density at radius 2 is 1.90 bits per heavy atom. The van der Waals surface area contributed by atoms with Gasteiger partial charge in [-0.05, 0) is 37.6 Å². The molecule has 2 nitrogen and oxygen atoms in total. The van der Waals surface area contributed by atoms with Crippen LogP contribution in [0.2, 0.25) is 0 Å². The molecule has 0 bridgehead atoms. The Bertz CT molecular complexity index is 451. The van der Waals surface area contributed by atoms with E-state index in [0.717, 1.165) is 12.8 Å². The molecular weight excluding hydrogens is 265 g/mol. The molecule has 1 fully saturated rings. The van der Waals surface area contributed by atoms with E-state index in [1.807, 2.05) is 11.9 Å². The summed E-state index contributed by atoms with van der Waals surface area (Å²) in [7, 11) is 3.54. The molecule has 1 N–H and O–H groups in total. The second kappa shape index (κ2) is 6.04. The summed E-state index contributed by atoms with van der Waals surface area (Å²) in [5.41, 5.74) is 0.418. The highest BCUT2D eigenvalue weighted by Gasteiger charge is 2.34. The zero-order chi connectivity index (χ0) is 14.8. The molecule has 0 unspecified atom stereocenters. The Kier molecular flexibility index (Phi) is 4.58. The fourth-order valence-corrected chi connectivity index (χ4v) is 2.89. The van der Waals surface area contributed by atoms with E-state index in [0.29, 0.717) is 17.3 Å². The topological polar surface area (TPSA) is 15.3 Å². The molecule has 0 saturated heterocycles. The van der Waals surface area contributed by atoms with E-state index in [1.54, 1.807) is 19.2 Å². The predicted octanol–water partition coefficient (Wildman–Crippen LogP) is 3.80. The van der Waals surface area contributed by atoms with Crippen LogP contribution in [-0.4, -0.2) is 20.1 Å². The maximum absolute atomic E-state index is 13.1. The van der Waals surface area contributed by atoms with E-state index < -0.39 is 11.7 Å². The van der Waals surface area contributed by atoms with E-state index in [1.165, 1.54) is 18.9 Å². The first kappa shape index (κ1) is 15.2. The Hall–Kier alpha value is -1.23. The van der Waals surface area contributed by atoms with Crippen molar-refractivity contribution in [3.05, 3.63) is 29.3 Å². The average Bonchev–Trinajstić information content (AvgIpc) is 2.91. The number of rotatable bonds is 4. The first-order valence-electron chi connectivity index (χ1n) is 7.01. The third kappa shape index (κ3) is 3.26. The maximum Gasteiger partial charge on any atom is 0.416 e. The van der Waals surface area contributed by atoms with Gasteiger partial charge in [-0.15, -0.1) is 0 Å². The lowest BCUT2D eigenvalue weighted by Gasteiger charge is -2.28. The van der Waals surface area contributed by atoms with Crippen molar-refractivity contribution < 1.29 is 13.2 Å². The number of anilines is 1. The van der Waals surface area contributed by atoms with Crippen molar-refractivity contribution in [2.75, 3.05) is 19.0 Å². The third-order valence-electron chi connectivity index (χ3n) is 4.05. The lowest BCUT2D eigenvalue weighted by Crippen LogP contribution is -2.29. The summed E-state index contributed by atoms with van der Waals surface area (Å²) < 4.78 is 39.4. The molecule has 1 aliphatic carbocycles. The first-order chi connectivity index (χ1) is 9.43. The quantitative estimate of drug-likeness (QED) is 0.905. The van der Waals surface area contributed by atoms with Crippen molar-refractivity contribution >= 4 is 5.69 Å². The summed E-state index contributed by atoms with van der Waals surface area (Å²) in [4.78, 5) is 1.99. The van der Waals surface area contributed by atoms with Gasteiger partial charge in [-0.25, -0.2) is 0 Å². The minimum atomic E-state index is -4.31. The molecule has 0 amide bonds. The average molecular weight is 286 g/mol. The molecule has 0 spiro atoms. The first-order valence-corrected chi connectivity index (χ1v) is 7.01. The Balaban J connectivity index is 2.31. The Morgan fingerprint density at radius 1 is 1.25 bits per heavy atom. The van der Waals surface area contributed by atoms with Gasteiger partial charge in [0.1, 0.15) is 0 Å². The maximum atomic E-state index is 13.1. The standard InChI is InChI=1S/C15H21F3N2/c1-19-10-11-7-8-13(9-14(11)15(16,17)18)20(2)12-5-3-4-6-12/h7-9,12,19H,3-6,10H2,1-2H3. The van der Waals surface area contributed by atoms with Gasteiger partial charge in [-0.2, -0.15) is 13.2 Å². The van der Waals surface area contributed by atoms with E-state index >= 15 is 0 Å². The number of benzene rings is 1. The van der Waals surface area contributed by atoms with Crippen LogP contribution in [0.1, 0.15) is 36.8 Å². The lowest BCUT2D eigenvalue weighted by atomic mass is 10.0. The molecule has 1 aliphatic rings. The zero-order valence-corrected chi connectivity index (χ0v) is 11.9. The molecule has 0 atom stereocenters. The molecule has 20 heavy (non-hydrogen) atoms. The molecule has 2 rings (SSSR count). The van der Waals surface area contributed by atoms with E-state index in [4.69, 9.17) is 0 Å². The summed E-state index contributed by atoms with van der Waals surface area (Å²) >= 11 is 0. The van der Waals surface area contributed by atoms with Crippen LogP contribution in [-0.2, 0) is 12.7 Å². The Labute approximate surface area is 118 Å². The number of hydrogen-bond acceptors (Lipinski definition) is 2. The summed E-state index contributed by atoms with van der Waals surface area (Å²) in [6.07, 6.45) is 0.156. The van der Waals surface area contributed by atoms with E-state index in [9.17, 15) is 13.2 Å². The second-order valence-electron chi connectivity index (χ2n) is 5.42. The highest BCUT2D eigenvalue weighted by atomic mass is 19.4. The summed E-state index contributed by atoms with van der Waals surface area (Å²) in [6.45, 7) is 0.224. The predicted molar refractivity (Wildman–Crippen MR) is 74.9 cm³/mol. The monoisotopic (exact) mass is 286 g/mol. The molecular formula is C15H21F3N2. The largest absolute Gasteiger partial charge is 0.416 e. The molecule has 112 valence electrons. The summed E-state index contributed by atoms with van der Waals surface area (Å²) in [5, 5.41) is 2.79. The van der Waals surface area contributed by atoms with Crippen molar-refractivity contribution in [3.8, 4) is 0 Å². The highest BCUT2D eigenvalue weighted by Crippen LogP contribution is 2.36. The van der Waals surface area contributed by atoms with Crippen LogP contribution < -0.4 is 10.2 Å². The molecule has 1 saturated carbocycles. The lowest BCUT2D eigenvalue weighted by molar-refractivity contribution is -0.138. The molecule has 0 heterocycles. The van der Waals surface area contributed by atoms with Crippen molar-refractivity contribution in [1.82, 2.24) is 5.32 Å². The number of halogens is 3.